The first-order chi connectivity index (χ1) is 7.91. The first kappa shape index (κ1) is 14.5. The highest BCUT2D eigenvalue weighted by molar-refractivity contribution is 9.10. The van der Waals surface area contributed by atoms with Crippen molar-refractivity contribution >= 4 is 34.5 Å². The monoisotopic (exact) mass is 319 g/mol. The number of halogens is 1. The minimum atomic E-state index is -1.04. The van der Waals surface area contributed by atoms with Gasteiger partial charge in [0.15, 0.2) is 0 Å². The van der Waals surface area contributed by atoms with E-state index in [2.05, 4.69) is 33.9 Å². The van der Waals surface area contributed by atoms with E-state index in [0.717, 1.165) is 0 Å². The smallest absolute Gasteiger partial charge is 0.253 e. The predicted octanol–water partition coefficient (Wildman–Crippen LogP) is 1.21. The molecule has 0 spiro atoms. The Balaban J connectivity index is 2.94. The molecule has 1 amide bonds. The summed E-state index contributed by atoms with van der Waals surface area (Å²) in [4.78, 5) is 12.6. The number of hydrogen-bond donors (Lipinski definition) is 4. The molecule has 0 aliphatic carbocycles. The van der Waals surface area contributed by atoms with Crippen LogP contribution >= 0.6 is 28.6 Å². The molecule has 4 nitrogen and oxygen atoms in total. The van der Waals surface area contributed by atoms with Crippen LogP contribution in [0.4, 0.5) is 0 Å². The lowest BCUT2D eigenvalue weighted by atomic mass is 10.0. The molecule has 0 aromatic heterocycles. The van der Waals surface area contributed by atoms with E-state index in [1.165, 1.54) is 0 Å². The minimum absolute atomic E-state index is 0.340. The van der Waals surface area contributed by atoms with Crippen LogP contribution in [0.2, 0.25) is 0 Å². The fourth-order valence-corrected chi connectivity index (χ4v) is 1.79. The first-order valence-corrected chi connectivity index (χ1v) is 6.18. The van der Waals surface area contributed by atoms with Crippen molar-refractivity contribution < 1.29 is 15.0 Å². The molecule has 1 rings (SSSR count). The van der Waals surface area contributed by atoms with Gasteiger partial charge in [-0.15, -0.1) is 12.6 Å². The average Bonchev–Trinajstić information content (AvgIpc) is 2.32. The third kappa shape index (κ3) is 3.70. The molecule has 0 aliphatic rings. The fraction of sp³-hybridized carbons (Fsp3) is 0.364. The van der Waals surface area contributed by atoms with Crippen molar-refractivity contribution in [2.75, 3.05) is 13.2 Å². The summed E-state index contributed by atoms with van der Waals surface area (Å²) in [5, 5.41) is 20.8. The van der Waals surface area contributed by atoms with Crippen LogP contribution in [0.15, 0.2) is 27.6 Å². The van der Waals surface area contributed by atoms with Crippen molar-refractivity contribution in [1.29, 1.82) is 0 Å². The Labute approximate surface area is 114 Å². The number of amides is 1. The van der Waals surface area contributed by atoms with Crippen molar-refractivity contribution in [2.24, 2.45) is 0 Å². The van der Waals surface area contributed by atoms with Crippen LogP contribution in [-0.4, -0.2) is 34.9 Å². The molecule has 0 aliphatic heterocycles. The summed E-state index contributed by atoms with van der Waals surface area (Å²) in [6.07, 6.45) is 0. The Bertz CT molecular complexity index is 421. The summed E-state index contributed by atoms with van der Waals surface area (Å²) in [7, 11) is 0. The molecule has 6 heteroatoms. The Morgan fingerprint density at radius 2 is 2.06 bits per heavy atom. The highest BCUT2D eigenvalue weighted by atomic mass is 79.9. The van der Waals surface area contributed by atoms with E-state index in [9.17, 15) is 4.79 Å². The molecule has 1 aromatic rings. The standard InChI is InChI=1S/C11H14BrNO3S/c1-11(5-14,6-15)13-10(16)8-4-7(17)2-3-9(8)12/h2-4,14-15,17H,5-6H2,1H3,(H,13,16). The zero-order valence-electron chi connectivity index (χ0n) is 9.27. The normalized spacial score (nSPS) is 11.4. The average molecular weight is 320 g/mol. The molecule has 17 heavy (non-hydrogen) atoms. The number of hydrogen-bond acceptors (Lipinski definition) is 4. The van der Waals surface area contributed by atoms with Gasteiger partial charge >= 0.3 is 0 Å². The Morgan fingerprint density at radius 3 is 2.59 bits per heavy atom. The number of rotatable bonds is 4. The number of carbonyl (C=O) groups excluding carboxylic acids is 1. The second-order valence-corrected chi connectivity index (χ2v) is 5.37. The summed E-state index contributed by atoms with van der Waals surface area (Å²) in [5.74, 6) is -0.377. The van der Waals surface area contributed by atoms with Crippen LogP contribution < -0.4 is 5.32 Å². The molecule has 3 N–H and O–H groups in total. The lowest BCUT2D eigenvalue weighted by molar-refractivity contribution is 0.0723. The molecule has 0 atom stereocenters. The number of carbonyl (C=O) groups is 1. The van der Waals surface area contributed by atoms with Gasteiger partial charge in [-0.25, -0.2) is 0 Å². The van der Waals surface area contributed by atoms with Gasteiger partial charge < -0.3 is 15.5 Å². The molecule has 0 fully saturated rings. The van der Waals surface area contributed by atoms with Gasteiger partial charge in [-0.3, -0.25) is 4.79 Å². The maximum Gasteiger partial charge on any atom is 0.253 e. The molecule has 0 heterocycles. The highest BCUT2D eigenvalue weighted by Crippen LogP contribution is 2.20. The fourth-order valence-electron chi connectivity index (χ4n) is 1.16. The van der Waals surface area contributed by atoms with Crippen molar-refractivity contribution in [3.8, 4) is 0 Å². The summed E-state index contributed by atoms with van der Waals surface area (Å²) in [6, 6.07) is 5.07. The summed E-state index contributed by atoms with van der Waals surface area (Å²) < 4.78 is 0.631. The Hall–Kier alpha value is -0.560. The molecule has 1 aromatic carbocycles. The van der Waals surface area contributed by atoms with Crippen LogP contribution in [0.3, 0.4) is 0 Å². The van der Waals surface area contributed by atoms with Crippen molar-refractivity contribution in [1.82, 2.24) is 5.32 Å². The molecule has 0 unspecified atom stereocenters. The zero-order valence-corrected chi connectivity index (χ0v) is 11.8. The van der Waals surface area contributed by atoms with Gasteiger partial charge in [0.2, 0.25) is 0 Å². The van der Waals surface area contributed by atoms with Crippen molar-refractivity contribution in [3.63, 3.8) is 0 Å². The lowest BCUT2D eigenvalue weighted by Gasteiger charge is -2.26. The molecule has 0 radical (unpaired) electrons. The number of benzene rings is 1. The lowest BCUT2D eigenvalue weighted by Crippen LogP contribution is -2.51. The number of aliphatic hydroxyl groups excluding tert-OH is 2. The molecule has 94 valence electrons. The van der Waals surface area contributed by atoms with Gasteiger partial charge in [0, 0.05) is 9.37 Å². The third-order valence-corrected chi connectivity index (χ3v) is 3.28. The van der Waals surface area contributed by atoms with Gasteiger partial charge in [0.25, 0.3) is 5.91 Å². The van der Waals surface area contributed by atoms with Crippen LogP contribution in [-0.2, 0) is 0 Å². The number of nitrogens with one attached hydrogen (secondary N) is 1. The number of aliphatic hydroxyl groups is 2. The van der Waals surface area contributed by atoms with Gasteiger partial charge in [0.05, 0.1) is 24.3 Å². The first-order valence-electron chi connectivity index (χ1n) is 4.94. The van der Waals surface area contributed by atoms with E-state index in [1.807, 2.05) is 0 Å². The van der Waals surface area contributed by atoms with E-state index >= 15 is 0 Å². The largest absolute Gasteiger partial charge is 0.394 e. The number of thiol groups is 1. The second-order valence-electron chi connectivity index (χ2n) is 4.00. The van der Waals surface area contributed by atoms with Crippen molar-refractivity contribution in [3.05, 3.63) is 28.2 Å². The van der Waals surface area contributed by atoms with Crippen LogP contribution in [0.1, 0.15) is 17.3 Å². The Morgan fingerprint density at radius 1 is 1.47 bits per heavy atom. The maximum absolute atomic E-state index is 12.0. The van der Waals surface area contributed by atoms with E-state index in [0.29, 0.717) is 14.9 Å². The van der Waals surface area contributed by atoms with Crippen molar-refractivity contribution in [2.45, 2.75) is 17.4 Å². The minimum Gasteiger partial charge on any atom is -0.394 e. The van der Waals surface area contributed by atoms with E-state index in [1.54, 1.807) is 25.1 Å². The molecule has 0 saturated carbocycles. The highest BCUT2D eigenvalue weighted by Gasteiger charge is 2.25. The van der Waals surface area contributed by atoms with Crippen LogP contribution in [0.5, 0.6) is 0 Å². The zero-order chi connectivity index (χ0) is 13.1. The predicted molar refractivity (Wildman–Crippen MR) is 71.4 cm³/mol. The molecular weight excluding hydrogens is 306 g/mol. The quantitative estimate of drug-likeness (QED) is 0.631. The molecule has 0 bridgehead atoms. The van der Waals surface area contributed by atoms with Crippen LogP contribution in [0.25, 0.3) is 0 Å². The Kier molecular flexibility index (Phi) is 5.00. The summed E-state index contributed by atoms with van der Waals surface area (Å²) in [5.41, 5.74) is -0.631. The topological polar surface area (TPSA) is 69.6 Å². The molecular formula is C11H14BrNO3S. The SMILES string of the molecule is CC(CO)(CO)NC(=O)c1cc(S)ccc1Br. The van der Waals surface area contributed by atoms with E-state index in [4.69, 9.17) is 10.2 Å². The van der Waals surface area contributed by atoms with Gasteiger partial charge in [-0.1, -0.05) is 0 Å². The second kappa shape index (κ2) is 5.86. The summed E-state index contributed by atoms with van der Waals surface area (Å²) in [6.45, 7) is 0.879. The van der Waals surface area contributed by atoms with E-state index in [-0.39, 0.29) is 19.1 Å². The molecule has 0 saturated heterocycles. The summed E-state index contributed by atoms with van der Waals surface area (Å²) >= 11 is 7.42. The third-order valence-electron chi connectivity index (χ3n) is 2.31. The maximum atomic E-state index is 12.0. The van der Waals surface area contributed by atoms with Gasteiger partial charge in [0.1, 0.15) is 0 Å². The van der Waals surface area contributed by atoms with Crippen LogP contribution in [0, 0.1) is 0 Å². The van der Waals surface area contributed by atoms with Gasteiger partial charge in [-0.2, -0.15) is 0 Å². The van der Waals surface area contributed by atoms with Gasteiger partial charge in [-0.05, 0) is 41.1 Å². The van der Waals surface area contributed by atoms with E-state index < -0.39 is 5.54 Å².